The molecule has 4 heterocycles. The number of aliphatic hydroxyl groups is 1. The largest absolute Gasteiger partial charge is 0.497 e. The third kappa shape index (κ3) is 2.90. The van der Waals surface area contributed by atoms with Crippen LogP contribution in [0.5, 0.6) is 11.6 Å². The summed E-state index contributed by atoms with van der Waals surface area (Å²) in [4.78, 5) is 7.48. The van der Waals surface area contributed by atoms with Crippen LogP contribution in [0.25, 0.3) is 22.3 Å². The van der Waals surface area contributed by atoms with Crippen LogP contribution in [0.15, 0.2) is 36.4 Å². The Kier molecular flexibility index (Phi) is 4.19. The Balaban J connectivity index is 1.41. The molecule has 2 N–H and O–H groups in total. The zero-order valence-corrected chi connectivity index (χ0v) is 15.1. The van der Waals surface area contributed by atoms with Crippen molar-refractivity contribution < 1.29 is 28.4 Å². The number of rotatable bonds is 4. The zero-order valence-electron chi connectivity index (χ0n) is 15.1. The normalized spacial score (nSPS) is 26.5. The van der Waals surface area contributed by atoms with E-state index >= 15 is 0 Å². The molecule has 1 aromatic carbocycles. The predicted octanol–water partition coefficient (Wildman–Crippen LogP) is 2.28. The molecule has 0 unspecified atom stereocenters. The molecular weight excluding hydrogens is 367 g/mol. The first-order valence-corrected chi connectivity index (χ1v) is 9.04. The molecular formula is C20H19FN2O5. The van der Waals surface area contributed by atoms with Gasteiger partial charge in [-0.3, -0.25) is 0 Å². The third-order valence-corrected chi connectivity index (χ3v) is 5.15. The molecule has 146 valence electrons. The lowest BCUT2D eigenvalue weighted by Crippen LogP contribution is -2.34. The summed E-state index contributed by atoms with van der Waals surface area (Å²) in [5.41, 5.74) is 2.04. The monoisotopic (exact) mass is 386 g/mol. The van der Waals surface area contributed by atoms with E-state index in [1.807, 2.05) is 0 Å². The summed E-state index contributed by atoms with van der Waals surface area (Å²) in [6.45, 7) is 0.556. The molecule has 0 aliphatic carbocycles. The molecule has 0 spiro atoms. The van der Waals surface area contributed by atoms with Crippen molar-refractivity contribution in [1.29, 1.82) is 0 Å². The van der Waals surface area contributed by atoms with Crippen molar-refractivity contribution in [2.75, 3.05) is 20.3 Å². The molecule has 5 rings (SSSR count). The van der Waals surface area contributed by atoms with Crippen LogP contribution in [-0.2, 0) is 9.47 Å². The van der Waals surface area contributed by atoms with Crippen molar-refractivity contribution in [3.63, 3.8) is 0 Å². The Morgan fingerprint density at radius 1 is 1.14 bits per heavy atom. The first-order valence-electron chi connectivity index (χ1n) is 9.04. The number of aromatic nitrogens is 2. The number of ether oxygens (including phenoxy) is 4. The van der Waals surface area contributed by atoms with Crippen LogP contribution in [0, 0.1) is 5.82 Å². The number of aliphatic hydroxyl groups excluding tert-OH is 1. The van der Waals surface area contributed by atoms with Gasteiger partial charge in [-0.1, -0.05) is 0 Å². The standard InChI is InChI=1S/C20H19FN2O5/c1-25-11-4-2-10(3-5-11)18-12(21)6-13-14(23-18)7-17(22-13)28-16-9-27-19-15(24)8-26-20(16)19/h2-7,15-16,19-20,22,24H,8-9H2,1H3/t15-,16-,19-,20-/m1/s1. The Morgan fingerprint density at radius 3 is 2.71 bits per heavy atom. The highest BCUT2D eigenvalue weighted by molar-refractivity contribution is 5.80. The van der Waals surface area contributed by atoms with Crippen LogP contribution < -0.4 is 9.47 Å². The molecule has 2 aliphatic rings. The SMILES string of the molecule is COc1ccc(-c2nc3cc(O[C@@H]4CO[C@H]5[C@@H]4OC[C@H]5O)[nH]c3cc2F)cc1. The minimum Gasteiger partial charge on any atom is -0.497 e. The molecule has 7 nitrogen and oxygen atoms in total. The average Bonchev–Trinajstić information content (AvgIpc) is 3.38. The van der Waals surface area contributed by atoms with Gasteiger partial charge in [-0.15, -0.1) is 0 Å². The van der Waals surface area contributed by atoms with Crippen molar-refractivity contribution in [3.05, 3.63) is 42.2 Å². The number of hydrogen-bond donors (Lipinski definition) is 2. The summed E-state index contributed by atoms with van der Waals surface area (Å²) in [6.07, 6.45) is -1.67. The Labute approximate surface area is 160 Å². The maximum Gasteiger partial charge on any atom is 0.193 e. The van der Waals surface area contributed by atoms with E-state index in [2.05, 4.69) is 9.97 Å². The molecule has 4 atom stereocenters. The first kappa shape index (κ1) is 17.4. The van der Waals surface area contributed by atoms with Gasteiger partial charge in [0.25, 0.3) is 0 Å². The fourth-order valence-electron chi connectivity index (χ4n) is 3.73. The summed E-state index contributed by atoms with van der Waals surface area (Å²) < 4.78 is 36.8. The lowest BCUT2D eigenvalue weighted by Gasteiger charge is -2.16. The fraction of sp³-hybridized carbons (Fsp3) is 0.350. The highest BCUT2D eigenvalue weighted by atomic mass is 19.1. The van der Waals surface area contributed by atoms with Gasteiger partial charge in [0.15, 0.2) is 17.8 Å². The van der Waals surface area contributed by atoms with E-state index in [0.717, 1.165) is 0 Å². The quantitative estimate of drug-likeness (QED) is 0.716. The van der Waals surface area contributed by atoms with E-state index in [9.17, 15) is 9.50 Å². The predicted molar refractivity (Wildman–Crippen MR) is 97.9 cm³/mol. The van der Waals surface area contributed by atoms with Crippen molar-refractivity contribution in [2.45, 2.75) is 24.4 Å². The molecule has 3 aromatic rings. The third-order valence-electron chi connectivity index (χ3n) is 5.15. The zero-order chi connectivity index (χ0) is 19.3. The number of nitrogens with one attached hydrogen (secondary N) is 1. The minimum atomic E-state index is -0.635. The number of fused-ring (bicyclic) bond motifs is 2. The summed E-state index contributed by atoms with van der Waals surface area (Å²) in [5, 5.41) is 9.83. The second-order valence-corrected chi connectivity index (χ2v) is 6.93. The van der Waals surface area contributed by atoms with Crippen LogP contribution in [0.4, 0.5) is 4.39 Å². The van der Waals surface area contributed by atoms with E-state index < -0.39 is 11.9 Å². The van der Waals surface area contributed by atoms with E-state index in [1.54, 1.807) is 37.4 Å². The Hall–Kier alpha value is -2.68. The average molecular weight is 386 g/mol. The van der Waals surface area contributed by atoms with Crippen LogP contribution in [0.1, 0.15) is 0 Å². The maximum atomic E-state index is 14.6. The number of halogens is 1. The number of hydrogen-bond acceptors (Lipinski definition) is 6. The fourth-order valence-corrected chi connectivity index (χ4v) is 3.73. The van der Waals surface area contributed by atoms with Gasteiger partial charge >= 0.3 is 0 Å². The van der Waals surface area contributed by atoms with Crippen molar-refractivity contribution in [1.82, 2.24) is 9.97 Å². The highest BCUT2D eigenvalue weighted by Crippen LogP contribution is 2.32. The highest BCUT2D eigenvalue weighted by Gasteiger charge is 2.48. The molecule has 0 amide bonds. The lowest BCUT2D eigenvalue weighted by molar-refractivity contribution is 0.00794. The molecule has 2 aromatic heterocycles. The molecule has 2 saturated heterocycles. The van der Waals surface area contributed by atoms with Crippen LogP contribution in [0.2, 0.25) is 0 Å². The Morgan fingerprint density at radius 2 is 1.93 bits per heavy atom. The van der Waals surface area contributed by atoms with Gasteiger partial charge in [-0.2, -0.15) is 0 Å². The van der Waals surface area contributed by atoms with E-state index in [-0.39, 0.29) is 30.6 Å². The minimum absolute atomic E-state index is 0.236. The Bertz CT molecular complexity index is 1010. The summed E-state index contributed by atoms with van der Waals surface area (Å²) >= 11 is 0. The van der Waals surface area contributed by atoms with Gasteiger partial charge in [0.1, 0.15) is 29.8 Å². The number of H-pyrrole nitrogens is 1. The number of methoxy groups -OCH3 is 1. The van der Waals surface area contributed by atoms with Gasteiger partial charge in [0.05, 0.1) is 31.4 Å². The summed E-state index contributed by atoms with van der Waals surface area (Å²) in [5.74, 6) is 0.713. The van der Waals surface area contributed by atoms with Gasteiger partial charge in [-0.25, -0.2) is 9.37 Å². The second kappa shape index (κ2) is 6.73. The molecule has 2 aliphatic heterocycles. The first-order chi connectivity index (χ1) is 13.6. The van der Waals surface area contributed by atoms with Crippen molar-refractivity contribution >= 4 is 11.0 Å². The van der Waals surface area contributed by atoms with Gasteiger partial charge in [0.2, 0.25) is 0 Å². The summed E-state index contributed by atoms with van der Waals surface area (Å²) in [6, 6.07) is 10.2. The molecule has 28 heavy (non-hydrogen) atoms. The van der Waals surface area contributed by atoms with E-state index in [1.165, 1.54) is 6.07 Å². The maximum absolute atomic E-state index is 14.6. The lowest BCUT2D eigenvalue weighted by atomic mass is 10.1. The number of nitrogens with zero attached hydrogens (tertiary/aromatic N) is 1. The van der Waals surface area contributed by atoms with E-state index in [4.69, 9.17) is 18.9 Å². The molecule has 0 bridgehead atoms. The van der Waals surface area contributed by atoms with E-state index in [0.29, 0.717) is 34.8 Å². The molecule has 2 fully saturated rings. The smallest absolute Gasteiger partial charge is 0.193 e. The van der Waals surface area contributed by atoms with Gasteiger partial charge in [-0.05, 0) is 24.3 Å². The molecule has 0 radical (unpaired) electrons. The topological polar surface area (TPSA) is 85.8 Å². The summed E-state index contributed by atoms with van der Waals surface area (Å²) in [7, 11) is 1.58. The number of aromatic amines is 1. The van der Waals surface area contributed by atoms with Gasteiger partial charge in [0, 0.05) is 17.7 Å². The number of pyridine rings is 1. The molecule has 8 heteroatoms. The number of benzene rings is 1. The van der Waals surface area contributed by atoms with Crippen LogP contribution in [-0.4, -0.2) is 59.8 Å². The van der Waals surface area contributed by atoms with Crippen molar-refractivity contribution in [3.8, 4) is 22.9 Å². The van der Waals surface area contributed by atoms with Crippen molar-refractivity contribution in [2.24, 2.45) is 0 Å². The molecule has 0 saturated carbocycles. The van der Waals surface area contributed by atoms with Gasteiger partial charge < -0.3 is 29.0 Å². The second-order valence-electron chi connectivity index (χ2n) is 6.93. The van der Waals surface area contributed by atoms with Crippen LogP contribution in [0.3, 0.4) is 0 Å². The van der Waals surface area contributed by atoms with Crippen LogP contribution >= 0.6 is 0 Å².